The molecule has 1 heterocycles. The molecule has 0 atom stereocenters. The maximum absolute atomic E-state index is 11.1. The highest BCUT2D eigenvalue weighted by Gasteiger charge is 2.26. The Kier molecular flexibility index (Phi) is 2.69. The molecule has 0 spiro atoms. The summed E-state index contributed by atoms with van der Waals surface area (Å²) in [4.78, 5) is 0. The van der Waals surface area contributed by atoms with Gasteiger partial charge in [-0.1, -0.05) is 0 Å². The van der Waals surface area contributed by atoms with Gasteiger partial charge in [0.1, 0.15) is 0 Å². The number of furan rings is 1. The molecule has 0 aliphatic rings. The lowest BCUT2D eigenvalue weighted by atomic mass is 10.0. The lowest BCUT2D eigenvalue weighted by Crippen LogP contribution is -2.14. The molecular formula is C8H11ClO4S. The Morgan fingerprint density at radius 1 is 1.50 bits per heavy atom. The van der Waals surface area contributed by atoms with Crippen molar-refractivity contribution < 1.29 is 17.9 Å². The van der Waals surface area contributed by atoms with Crippen LogP contribution >= 0.6 is 11.6 Å². The zero-order chi connectivity index (χ0) is 11.1. The van der Waals surface area contributed by atoms with Gasteiger partial charge in [-0.25, -0.2) is 8.42 Å². The number of hydrogen-bond donors (Lipinski definition) is 1. The molecule has 0 aliphatic heterocycles. The molecule has 14 heavy (non-hydrogen) atoms. The van der Waals surface area contributed by atoms with Crippen molar-refractivity contribution in [1.29, 1.82) is 0 Å². The average Bonchev–Trinajstić information content (AvgIpc) is 2.27. The van der Waals surface area contributed by atoms with Crippen LogP contribution in [-0.4, -0.2) is 19.8 Å². The maximum atomic E-state index is 11.1. The molecular weight excluding hydrogens is 228 g/mol. The molecule has 0 amide bonds. The fourth-order valence-corrected chi connectivity index (χ4v) is 1.93. The van der Waals surface area contributed by atoms with Crippen molar-refractivity contribution in [3.8, 4) is 0 Å². The first-order chi connectivity index (χ1) is 6.12. The van der Waals surface area contributed by atoms with Gasteiger partial charge < -0.3 is 9.52 Å². The van der Waals surface area contributed by atoms with Gasteiger partial charge in [0.2, 0.25) is 20.1 Å². The van der Waals surface area contributed by atoms with Gasteiger partial charge in [-0.2, -0.15) is 0 Å². The summed E-state index contributed by atoms with van der Waals surface area (Å²) in [5.41, 5.74) is -0.955. The number of aliphatic hydroxyl groups is 1. The first kappa shape index (κ1) is 11.6. The number of hydrogen-bond acceptors (Lipinski definition) is 4. The van der Waals surface area contributed by atoms with Crippen molar-refractivity contribution in [2.75, 3.05) is 6.26 Å². The summed E-state index contributed by atoms with van der Waals surface area (Å²) < 4.78 is 27.0. The van der Waals surface area contributed by atoms with Crippen LogP contribution in [0.5, 0.6) is 0 Å². The predicted octanol–water partition coefficient (Wildman–Crippen LogP) is 1.56. The highest BCUT2D eigenvalue weighted by atomic mass is 35.5. The molecule has 4 nitrogen and oxygen atoms in total. The molecule has 1 rings (SSSR count). The molecule has 0 saturated heterocycles. The second kappa shape index (κ2) is 3.25. The van der Waals surface area contributed by atoms with Crippen LogP contribution < -0.4 is 0 Å². The molecule has 0 aromatic carbocycles. The highest BCUT2D eigenvalue weighted by Crippen LogP contribution is 2.32. The van der Waals surface area contributed by atoms with Crippen molar-refractivity contribution in [1.82, 2.24) is 0 Å². The number of halogens is 1. The first-order valence-corrected chi connectivity index (χ1v) is 6.11. The van der Waals surface area contributed by atoms with E-state index in [0.29, 0.717) is 0 Å². The van der Waals surface area contributed by atoms with E-state index in [0.717, 1.165) is 6.26 Å². The Balaban J connectivity index is 3.33. The van der Waals surface area contributed by atoms with Gasteiger partial charge in [-0.05, 0) is 25.4 Å². The van der Waals surface area contributed by atoms with E-state index < -0.39 is 15.4 Å². The molecule has 0 aliphatic carbocycles. The summed E-state index contributed by atoms with van der Waals surface area (Å²) in [5, 5.41) is 9.27. The monoisotopic (exact) mass is 238 g/mol. The fourth-order valence-electron chi connectivity index (χ4n) is 0.947. The Bertz CT molecular complexity index is 438. The van der Waals surface area contributed by atoms with E-state index in [4.69, 9.17) is 16.0 Å². The van der Waals surface area contributed by atoms with Gasteiger partial charge in [0, 0.05) is 17.9 Å². The third-order valence-corrected chi connectivity index (χ3v) is 2.90. The SMILES string of the molecule is CC(C)(O)c1cc(S(C)(=O)=O)oc1Cl. The largest absolute Gasteiger partial charge is 0.433 e. The Morgan fingerprint density at radius 3 is 2.21 bits per heavy atom. The van der Waals surface area contributed by atoms with Crippen molar-refractivity contribution >= 4 is 21.4 Å². The van der Waals surface area contributed by atoms with Crippen molar-refractivity contribution in [2.24, 2.45) is 0 Å². The van der Waals surface area contributed by atoms with Crippen LogP contribution in [0.3, 0.4) is 0 Å². The molecule has 0 fully saturated rings. The van der Waals surface area contributed by atoms with Crippen LogP contribution in [0.15, 0.2) is 15.6 Å². The molecule has 0 unspecified atom stereocenters. The molecule has 0 saturated carbocycles. The molecule has 80 valence electrons. The molecule has 1 aromatic rings. The summed E-state index contributed by atoms with van der Waals surface area (Å²) in [5.74, 6) is 0. The number of rotatable bonds is 2. The van der Waals surface area contributed by atoms with Crippen molar-refractivity contribution in [2.45, 2.75) is 24.5 Å². The van der Waals surface area contributed by atoms with Crippen LogP contribution in [0.4, 0.5) is 0 Å². The Hall–Kier alpha value is -0.520. The second-order valence-corrected chi connectivity index (χ2v) is 5.87. The quantitative estimate of drug-likeness (QED) is 0.849. The zero-order valence-corrected chi connectivity index (χ0v) is 9.61. The van der Waals surface area contributed by atoms with Crippen LogP contribution in [0.2, 0.25) is 5.22 Å². The minimum atomic E-state index is -3.43. The van der Waals surface area contributed by atoms with Gasteiger partial charge in [0.15, 0.2) is 0 Å². The first-order valence-electron chi connectivity index (χ1n) is 3.84. The van der Waals surface area contributed by atoms with Gasteiger partial charge >= 0.3 is 0 Å². The molecule has 6 heteroatoms. The summed E-state index contributed by atoms with van der Waals surface area (Å²) in [7, 11) is -3.43. The smallest absolute Gasteiger partial charge is 0.220 e. The zero-order valence-electron chi connectivity index (χ0n) is 8.04. The van der Waals surface area contributed by atoms with E-state index in [9.17, 15) is 13.5 Å². The fraction of sp³-hybridized carbons (Fsp3) is 0.500. The van der Waals surface area contributed by atoms with Crippen LogP contribution in [-0.2, 0) is 15.4 Å². The number of sulfone groups is 1. The molecule has 1 aromatic heterocycles. The van der Waals surface area contributed by atoms with Gasteiger partial charge in [-0.15, -0.1) is 0 Å². The second-order valence-electron chi connectivity index (χ2n) is 3.58. The van der Waals surface area contributed by atoms with Crippen LogP contribution in [0.25, 0.3) is 0 Å². The minimum absolute atomic E-state index is 0.0991. The summed E-state index contributed by atoms with van der Waals surface area (Å²) in [6, 6.07) is 1.23. The summed E-state index contributed by atoms with van der Waals surface area (Å²) in [6.07, 6.45) is 1.01. The van der Waals surface area contributed by atoms with Crippen LogP contribution in [0, 0.1) is 0 Å². The third-order valence-electron chi connectivity index (χ3n) is 1.69. The normalized spacial score (nSPS) is 13.2. The lowest BCUT2D eigenvalue weighted by Gasteiger charge is -2.14. The summed E-state index contributed by atoms with van der Waals surface area (Å²) >= 11 is 5.64. The molecule has 0 radical (unpaired) electrons. The van der Waals surface area contributed by atoms with E-state index in [1.807, 2.05) is 0 Å². The lowest BCUT2D eigenvalue weighted by molar-refractivity contribution is 0.0781. The van der Waals surface area contributed by atoms with E-state index >= 15 is 0 Å². The Labute approximate surface area is 87.4 Å². The van der Waals surface area contributed by atoms with Crippen molar-refractivity contribution in [3.63, 3.8) is 0 Å². The van der Waals surface area contributed by atoms with Gasteiger partial charge in [-0.3, -0.25) is 0 Å². The topological polar surface area (TPSA) is 67.5 Å². The van der Waals surface area contributed by atoms with Gasteiger partial charge in [0.25, 0.3) is 0 Å². The van der Waals surface area contributed by atoms with E-state index in [1.54, 1.807) is 0 Å². The molecule has 1 N–H and O–H groups in total. The van der Waals surface area contributed by atoms with E-state index in [-0.39, 0.29) is 15.9 Å². The third kappa shape index (κ3) is 2.29. The predicted molar refractivity (Wildman–Crippen MR) is 52.1 cm³/mol. The van der Waals surface area contributed by atoms with Crippen LogP contribution in [0.1, 0.15) is 19.4 Å². The van der Waals surface area contributed by atoms with Gasteiger partial charge in [0.05, 0.1) is 5.60 Å². The van der Waals surface area contributed by atoms with E-state index in [2.05, 4.69) is 0 Å². The average molecular weight is 239 g/mol. The minimum Gasteiger partial charge on any atom is -0.433 e. The summed E-state index contributed by atoms with van der Waals surface area (Å²) in [6.45, 7) is 2.99. The van der Waals surface area contributed by atoms with E-state index in [1.165, 1.54) is 19.9 Å². The van der Waals surface area contributed by atoms with Crippen molar-refractivity contribution in [3.05, 3.63) is 16.8 Å². The highest BCUT2D eigenvalue weighted by molar-refractivity contribution is 7.90. The molecule has 0 bridgehead atoms. The standard InChI is InChI=1S/C8H11ClO4S/c1-8(2,10)5-4-6(13-7(5)9)14(3,11)12/h4,10H,1-3H3. The Morgan fingerprint density at radius 2 is 2.00 bits per heavy atom. The maximum Gasteiger partial charge on any atom is 0.220 e.